The highest BCUT2D eigenvalue weighted by Crippen LogP contribution is 2.54. The topological polar surface area (TPSA) is 83.7 Å². The summed E-state index contributed by atoms with van der Waals surface area (Å²) in [4.78, 5) is 50.3. The molecule has 186 valence electrons. The van der Waals surface area contributed by atoms with Crippen LogP contribution in [0.2, 0.25) is 5.02 Å². The molecular weight excluding hydrogens is 522 g/mol. The second kappa shape index (κ2) is 8.11. The van der Waals surface area contributed by atoms with Gasteiger partial charge in [-0.2, -0.15) is 0 Å². The molecule has 0 N–H and O–H groups in total. The molecule has 4 heterocycles. The van der Waals surface area contributed by atoms with E-state index in [2.05, 4.69) is 4.98 Å². The molecule has 2 aliphatic heterocycles. The molecule has 0 saturated carbocycles. The van der Waals surface area contributed by atoms with Crippen LogP contribution in [-0.2, 0) is 16.9 Å². The molecule has 0 radical (unpaired) electrons. The molecule has 9 heteroatoms. The average Bonchev–Trinajstić information content (AvgIpc) is 3.58. The van der Waals surface area contributed by atoms with Gasteiger partial charge in [-0.05, 0) is 36.8 Å². The first-order valence-electron chi connectivity index (χ1n) is 11.9. The zero-order chi connectivity index (χ0) is 26.2. The van der Waals surface area contributed by atoms with E-state index in [4.69, 9.17) is 16.0 Å². The van der Waals surface area contributed by atoms with Crippen LogP contribution in [0.3, 0.4) is 0 Å². The Morgan fingerprint density at radius 1 is 1.03 bits per heavy atom. The number of halogens is 1. The van der Waals surface area contributed by atoms with Gasteiger partial charge >= 0.3 is 0 Å². The van der Waals surface area contributed by atoms with Gasteiger partial charge in [0.25, 0.3) is 11.8 Å². The van der Waals surface area contributed by atoms with E-state index in [1.807, 2.05) is 43.3 Å². The zero-order valence-electron chi connectivity index (χ0n) is 20.0. The van der Waals surface area contributed by atoms with Crippen molar-refractivity contribution in [2.75, 3.05) is 9.80 Å². The van der Waals surface area contributed by atoms with Gasteiger partial charge in [0.2, 0.25) is 5.76 Å². The maximum atomic E-state index is 14.7. The second-order valence-corrected chi connectivity index (χ2v) is 10.6. The van der Waals surface area contributed by atoms with Gasteiger partial charge in [0, 0.05) is 22.2 Å². The molecule has 0 fully saturated rings. The standard InChI is InChI=1S/C29H18ClN3O4S/c1-16-5-4-6-17(13-16)15-32-21-8-3-2-7-20(21)29(27(32)36)23-24(34)19-14-18(30)9-10-22(19)37-25(23)26(35)33(29)28-31-11-12-38-28/h2-14H,15H2,1H3. The van der Waals surface area contributed by atoms with Crippen molar-refractivity contribution in [2.24, 2.45) is 0 Å². The van der Waals surface area contributed by atoms with E-state index in [-0.39, 0.29) is 28.8 Å². The predicted octanol–water partition coefficient (Wildman–Crippen LogP) is 5.66. The van der Waals surface area contributed by atoms with E-state index in [0.29, 0.717) is 21.4 Å². The van der Waals surface area contributed by atoms with Crippen molar-refractivity contribution in [1.29, 1.82) is 0 Å². The van der Waals surface area contributed by atoms with E-state index >= 15 is 0 Å². The fourth-order valence-electron chi connectivity index (χ4n) is 5.61. The number of nitrogens with zero attached hydrogens (tertiary/aromatic N) is 3. The maximum Gasteiger partial charge on any atom is 0.297 e. The highest BCUT2D eigenvalue weighted by molar-refractivity contribution is 7.13. The molecule has 7 nitrogen and oxygen atoms in total. The van der Waals surface area contributed by atoms with Crippen molar-refractivity contribution in [3.63, 3.8) is 0 Å². The number of benzene rings is 3. The molecule has 1 unspecified atom stereocenters. The predicted molar refractivity (Wildman–Crippen MR) is 146 cm³/mol. The van der Waals surface area contributed by atoms with Gasteiger partial charge in [-0.3, -0.25) is 19.3 Å². The molecule has 1 spiro atoms. The molecule has 7 rings (SSSR count). The van der Waals surface area contributed by atoms with Crippen LogP contribution in [0.25, 0.3) is 11.0 Å². The number of carbonyl (C=O) groups is 2. The molecule has 0 saturated heterocycles. The van der Waals surface area contributed by atoms with Crippen molar-refractivity contribution in [3.05, 3.63) is 122 Å². The number of aryl methyl sites for hydroxylation is 1. The molecule has 2 aliphatic rings. The third-order valence-electron chi connectivity index (χ3n) is 7.12. The minimum atomic E-state index is -1.78. The van der Waals surface area contributed by atoms with Gasteiger partial charge in [0.05, 0.1) is 23.2 Å². The van der Waals surface area contributed by atoms with Crippen molar-refractivity contribution in [1.82, 2.24) is 4.98 Å². The molecule has 2 aromatic heterocycles. The Morgan fingerprint density at radius 3 is 2.66 bits per heavy atom. The Balaban J connectivity index is 1.56. The fraction of sp³-hybridized carbons (Fsp3) is 0.103. The van der Waals surface area contributed by atoms with Crippen LogP contribution in [0.15, 0.2) is 87.5 Å². The van der Waals surface area contributed by atoms with Gasteiger partial charge in [0.15, 0.2) is 16.1 Å². The number of para-hydroxylation sites is 1. The van der Waals surface area contributed by atoms with Crippen LogP contribution in [0.5, 0.6) is 0 Å². The summed E-state index contributed by atoms with van der Waals surface area (Å²) in [6, 6.07) is 19.8. The summed E-state index contributed by atoms with van der Waals surface area (Å²) in [5, 5.41) is 2.56. The minimum Gasteiger partial charge on any atom is -0.450 e. The van der Waals surface area contributed by atoms with Crippen molar-refractivity contribution in [2.45, 2.75) is 19.0 Å². The Labute approximate surface area is 225 Å². The van der Waals surface area contributed by atoms with Crippen molar-refractivity contribution < 1.29 is 14.0 Å². The number of anilines is 2. The number of fused-ring (bicyclic) bond motifs is 5. The number of hydrogen-bond acceptors (Lipinski definition) is 6. The first kappa shape index (κ1) is 22.9. The molecular formula is C29H18ClN3O4S. The zero-order valence-corrected chi connectivity index (χ0v) is 21.5. The lowest BCUT2D eigenvalue weighted by Crippen LogP contribution is -2.53. The lowest BCUT2D eigenvalue weighted by molar-refractivity contribution is -0.121. The van der Waals surface area contributed by atoms with Gasteiger partial charge < -0.3 is 9.32 Å². The summed E-state index contributed by atoms with van der Waals surface area (Å²) >= 11 is 7.44. The van der Waals surface area contributed by atoms with Crippen molar-refractivity contribution >= 4 is 56.5 Å². The van der Waals surface area contributed by atoms with Crippen LogP contribution in [-0.4, -0.2) is 16.8 Å². The average molecular weight is 540 g/mol. The number of thiazole rings is 1. The van der Waals surface area contributed by atoms with Gasteiger partial charge in [-0.1, -0.05) is 59.6 Å². The van der Waals surface area contributed by atoms with Crippen LogP contribution in [0, 0.1) is 6.92 Å². The Bertz CT molecular complexity index is 1870. The lowest BCUT2D eigenvalue weighted by Gasteiger charge is -2.32. The normalized spacial score (nSPS) is 18.1. The summed E-state index contributed by atoms with van der Waals surface area (Å²) in [6.07, 6.45) is 1.56. The summed E-state index contributed by atoms with van der Waals surface area (Å²) in [5.74, 6) is -1.18. The molecule has 1 atom stereocenters. The van der Waals surface area contributed by atoms with Gasteiger partial charge in [0.1, 0.15) is 5.58 Å². The van der Waals surface area contributed by atoms with Crippen molar-refractivity contribution in [3.8, 4) is 0 Å². The second-order valence-electron chi connectivity index (χ2n) is 9.34. The summed E-state index contributed by atoms with van der Waals surface area (Å²) < 4.78 is 6.06. The highest BCUT2D eigenvalue weighted by atomic mass is 35.5. The van der Waals surface area contributed by atoms with Crippen LogP contribution >= 0.6 is 22.9 Å². The number of amides is 2. The summed E-state index contributed by atoms with van der Waals surface area (Å²) in [6.45, 7) is 2.25. The fourth-order valence-corrected chi connectivity index (χ4v) is 6.47. The Morgan fingerprint density at radius 2 is 1.87 bits per heavy atom. The molecule has 3 aromatic carbocycles. The number of aromatic nitrogens is 1. The van der Waals surface area contributed by atoms with Gasteiger partial charge in [-0.25, -0.2) is 4.98 Å². The molecule has 38 heavy (non-hydrogen) atoms. The van der Waals surface area contributed by atoms with E-state index in [9.17, 15) is 14.4 Å². The number of hydrogen-bond donors (Lipinski definition) is 0. The summed E-state index contributed by atoms with van der Waals surface area (Å²) in [5.41, 5.74) is 1.08. The van der Waals surface area contributed by atoms with Gasteiger partial charge in [-0.15, -0.1) is 11.3 Å². The third kappa shape index (κ3) is 2.95. The molecule has 2 amide bonds. The van der Waals surface area contributed by atoms with E-state index < -0.39 is 22.8 Å². The summed E-state index contributed by atoms with van der Waals surface area (Å²) in [7, 11) is 0. The van der Waals surface area contributed by atoms with Crippen LogP contribution < -0.4 is 15.2 Å². The molecule has 0 bridgehead atoms. The first-order valence-corrected chi connectivity index (χ1v) is 13.1. The third-order valence-corrected chi connectivity index (χ3v) is 8.11. The maximum absolute atomic E-state index is 14.7. The SMILES string of the molecule is Cc1cccc(CN2C(=O)C3(c4ccccc42)c2c(oc4ccc(Cl)cc4c2=O)C(=O)N3c2nccs2)c1. The Kier molecular flexibility index (Phi) is 4.89. The first-order chi connectivity index (χ1) is 18.4. The quantitative estimate of drug-likeness (QED) is 0.295. The number of rotatable bonds is 3. The van der Waals surface area contributed by atoms with Crippen LogP contribution in [0.1, 0.15) is 32.8 Å². The Hall–Kier alpha value is -4.27. The van der Waals surface area contributed by atoms with E-state index in [1.54, 1.807) is 40.7 Å². The highest BCUT2D eigenvalue weighted by Gasteiger charge is 2.66. The monoisotopic (exact) mass is 539 g/mol. The van der Waals surface area contributed by atoms with E-state index in [1.165, 1.54) is 22.3 Å². The smallest absolute Gasteiger partial charge is 0.297 e. The molecule has 0 aliphatic carbocycles. The van der Waals surface area contributed by atoms with E-state index in [0.717, 1.165) is 11.1 Å². The van der Waals surface area contributed by atoms with Crippen LogP contribution in [0.4, 0.5) is 10.8 Å². The molecule has 5 aromatic rings. The lowest BCUT2D eigenvalue weighted by atomic mass is 9.84. The number of carbonyl (C=O) groups excluding carboxylic acids is 2. The largest absolute Gasteiger partial charge is 0.450 e. The minimum absolute atomic E-state index is 0.0170.